The molecule has 1 aliphatic carbocycles. The fraction of sp³-hybridized carbons (Fsp3) is 0.0200. The summed E-state index contributed by atoms with van der Waals surface area (Å²) >= 11 is 0. The summed E-state index contributed by atoms with van der Waals surface area (Å²) in [5, 5.41) is -0.951. The predicted molar refractivity (Wildman–Crippen MR) is 217 cm³/mol. The summed E-state index contributed by atoms with van der Waals surface area (Å²) in [4.78, 5) is 13.3. The van der Waals surface area contributed by atoms with E-state index in [1.54, 1.807) is 0 Å². The van der Waals surface area contributed by atoms with Gasteiger partial charge in [0.1, 0.15) is 0 Å². The predicted octanol–water partition coefficient (Wildman–Crippen LogP) is 12.5. The first-order valence-electron chi connectivity index (χ1n) is 31.0. The van der Waals surface area contributed by atoms with Crippen molar-refractivity contribution in [2.45, 2.75) is 5.92 Å². The molecule has 0 N–H and O–H groups in total. The van der Waals surface area contributed by atoms with Gasteiger partial charge in [0.05, 0.1) is 42.5 Å². The highest BCUT2D eigenvalue weighted by atomic mass is 15.0. The lowest BCUT2D eigenvalue weighted by Crippen LogP contribution is -2.06. The third-order valence-corrected chi connectivity index (χ3v) is 8.18. The molecule has 1 aliphatic rings. The lowest BCUT2D eigenvalue weighted by molar-refractivity contribution is 0.977. The van der Waals surface area contributed by atoms with Gasteiger partial charge in [-0.25, -0.2) is 15.0 Å². The Hall–Kier alpha value is -6.97. The van der Waals surface area contributed by atoms with Crippen molar-refractivity contribution in [1.82, 2.24) is 15.0 Å². The number of benzene rings is 8. The van der Waals surface area contributed by atoms with Crippen LogP contribution in [0.3, 0.4) is 0 Å². The van der Waals surface area contributed by atoms with Gasteiger partial charge in [-0.05, 0) is 67.4 Å². The van der Waals surface area contributed by atoms with Crippen molar-refractivity contribution in [3.8, 4) is 67.5 Å². The zero-order chi connectivity index (χ0) is 62.1. The van der Waals surface area contributed by atoms with Crippen LogP contribution in [0.2, 0.25) is 0 Å². The number of aromatic nitrogens is 3. The molecule has 53 heavy (non-hydrogen) atoms. The average Bonchev–Trinajstić information content (AvgIpc) is 1.51. The minimum atomic E-state index is -2.37. The molecule has 8 aromatic carbocycles. The molecule has 0 amide bonds. The summed E-state index contributed by atoms with van der Waals surface area (Å²) in [6.07, 6.45) is 0. The Kier molecular flexibility index (Phi) is 3.09. The summed E-state index contributed by atoms with van der Waals surface area (Å²) in [7, 11) is 0. The van der Waals surface area contributed by atoms with Gasteiger partial charge in [0.15, 0.2) is 17.5 Å². The Morgan fingerprint density at radius 3 is 1.55 bits per heavy atom. The van der Waals surface area contributed by atoms with E-state index < -0.39 is 288 Å². The Balaban J connectivity index is 1.49. The van der Waals surface area contributed by atoms with E-state index in [0.29, 0.717) is 0 Å². The van der Waals surface area contributed by atoms with Crippen LogP contribution in [-0.2, 0) is 0 Å². The first kappa shape index (κ1) is 12.6. The second-order valence-electron chi connectivity index (χ2n) is 11.2. The molecule has 0 saturated heterocycles. The number of fused-ring (bicyclic) bond motifs is 3. The zero-order valence-corrected chi connectivity index (χ0v) is 26.5. The molecule has 3 nitrogen and oxygen atoms in total. The van der Waals surface area contributed by atoms with Gasteiger partial charge in [-0.2, -0.15) is 0 Å². The van der Waals surface area contributed by atoms with Crippen molar-refractivity contribution in [3.05, 3.63) is 210 Å². The minimum Gasteiger partial charge on any atom is -0.208 e. The Bertz CT molecular complexity index is 4370. The topological polar surface area (TPSA) is 38.7 Å². The summed E-state index contributed by atoms with van der Waals surface area (Å²) in [5.41, 5.74) is -8.93. The van der Waals surface area contributed by atoms with Gasteiger partial charge in [0.25, 0.3) is 0 Å². The van der Waals surface area contributed by atoms with Crippen molar-refractivity contribution in [3.63, 3.8) is 0 Å². The van der Waals surface area contributed by atoms with E-state index in [1.165, 1.54) is 0 Å². The van der Waals surface area contributed by atoms with E-state index in [2.05, 4.69) is 15.0 Å². The second-order valence-corrected chi connectivity index (χ2v) is 11.2. The van der Waals surface area contributed by atoms with Crippen LogP contribution in [0.5, 0.6) is 0 Å². The molecule has 0 radical (unpaired) electrons. The van der Waals surface area contributed by atoms with Crippen molar-refractivity contribution < 1.29 is 42.5 Å². The molecule has 1 unspecified atom stereocenters. The van der Waals surface area contributed by atoms with Crippen molar-refractivity contribution in [2.75, 3.05) is 0 Å². The Morgan fingerprint density at radius 2 is 0.887 bits per heavy atom. The molecular weight excluding hydrogens is 643 g/mol. The molecule has 0 fully saturated rings. The van der Waals surface area contributed by atoms with Gasteiger partial charge >= 0.3 is 0 Å². The molecule has 10 rings (SSSR count). The summed E-state index contributed by atoms with van der Waals surface area (Å²) in [5.74, 6) is -5.17. The maximum Gasteiger partial charge on any atom is 0.164 e. The lowest BCUT2D eigenvalue weighted by atomic mass is 9.81. The van der Waals surface area contributed by atoms with E-state index >= 15 is 0 Å². The Morgan fingerprint density at radius 1 is 0.358 bits per heavy atom. The van der Waals surface area contributed by atoms with Gasteiger partial charge in [-0.3, -0.25) is 0 Å². The standard InChI is InChI=1S/C50H33N3/c1-5-15-33(16-6-1)34-27-29-37(30-28-34)45(35-17-7-2-8-18-35)40-31-43-41-25-13-23-36-24-14-26-42(46(36)41)47(43)44(32-40)50-52-48(38-19-9-3-10-20-38)51-49(53-50)39-21-11-4-12-22-39/h1-32,45H/i1D,2D,3D,4D,5D,6D,7D,8D,9D,10D,11D,12D,13D,14D,15D,16D,17D,19D,20D,21D,22D,23D,24D,25D,26D,27D,28D,29D,30D,31D,32D. The average molecular weight is 707 g/mol. The molecule has 1 heterocycles. The first-order chi connectivity index (χ1) is 39.2. The smallest absolute Gasteiger partial charge is 0.164 e. The zero-order valence-electron chi connectivity index (χ0n) is 57.5. The number of hydrogen-bond donors (Lipinski definition) is 0. The first-order valence-corrected chi connectivity index (χ1v) is 15.5. The molecule has 0 saturated carbocycles. The summed E-state index contributed by atoms with van der Waals surface area (Å²) in [6.45, 7) is 0. The summed E-state index contributed by atoms with van der Waals surface area (Å²) in [6, 6.07) is -28.9. The largest absolute Gasteiger partial charge is 0.208 e. The molecule has 0 spiro atoms. The van der Waals surface area contributed by atoms with Crippen molar-refractivity contribution >= 4 is 10.8 Å². The molecule has 1 atom stereocenters. The Labute approximate surface area is 352 Å². The van der Waals surface area contributed by atoms with Crippen LogP contribution in [0.4, 0.5) is 0 Å². The fourth-order valence-corrected chi connectivity index (χ4v) is 5.95. The highest BCUT2D eigenvalue weighted by Gasteiger charge is 2.29. The second kappa shape index (κ2) is 13.0. The molecule has 3 heteroatoms. The van der Waals surface area contributed by atoms with Crippen LogP contribution in [0.25, 0.3) is 78.3 Å². The van der Waals surface area contributed by atoms with Gasteiger partial charge in [0, 0.05) is 28.2 Å². The normalized spacial score (nSPS) is 20.3. The van der Waals surface area contributed by atoms with E-state index in [-0.39, 0.29) is 0 Å². The minimum absolute atomic E-state index is 0.413. The summed E-state index contributed by atoms with van der Waals surface area (Å²) < 4.78 is 278. The highest BCUT2D eigenvalue weighted by Crippen LogP contribution is 2.52. The van der Waals surface area contributed by atoms with Crippen molar-refractivity contribution in [1.29, 1.82) is 0 Å². The number of hydrogen-bond acceptors (Lipinski definition) is 3. The number of rotatable bonds is 7. The SMILES string of the molecule is [2H]c1cc(C(c2c([2H])c([2H])c(-c3c([2H])c([2H])c([2H])c([2H])c3[2H])c([2H])c2[2H])c2c([2H])c(-c3nc(-c4c([2H])c([2H])c([2H])c([2H])c4[2H])nc(-c4c([2H])c([2H])c([2H])c([2H])c4[2H])n3)c3c(c2[2H])-c2c([2H])c([2H])c([2H])c4c([2H])c([2H])c([2H])c-3c24)c([2H])c([2H])c1[2H]. The molecule has 0 aliphatic heterocycles. The molecular formula is C50H33N3. The van der Waals surface area contributed by atoms with E-state index in [0.717, 1.165) is 6.07 Å². The van der Waals surface area contributed by atoms with E-state index in [1.807, 2.05) is 0 Å². The molecule has 0 bridgehead atoms. The van der Waals surface area contributed by atoms with Crippen LogP contribution in [0, 0.1) is 0 Å². The third-order valence-electron chi connectivity index (χ3n) is 8.18. The van der Waals surface area contributed by atoms with Crippen LogP contribution in [0.1, 0.15) is 65.1 Å². The molecule has 248 valence electrons. The maximum atomic E-state index is 10.5. The molecule has 1 aromatic heterocycles. The third kappa shape index (κ3) is 5.51. The van der Waals surface area contributed by atoms with E-state index in [4.69, 9.17) is 30.2 Å². The van der Waals surface area contributed by atoms with Crippen LogP contribution >= 0.6 is 0 Å². The van der Waals surface area contributed by atoms with Gasteiger partial charge in [-0.1, -0.05) is 181 Å². The van der Waals surface area contributed by atoms with Gasteiger partial charge < -0.3 is 0 Å². The van der Waals surface area contributed by atoms with Crippen molar-refractivity contribution in [2.24, 2.45) is 0 Å². The van der Waals surface area contributed by atoms with Crippen LogP contribution < -0.4 is 0 Å². The highest BCUT2D eigenvalue weighted by molar-refractivity contribution is 6.18. The fourth-order valence-electron chi connectivity index (χ4n) is 5.95. The molecule has 9 aromatic rings. The lowest BCUT2D eigenvalue weighted by Gasteiger charge is -2.22. The monoisotopic (exact) mass is 706 g/mol. The maximum absolute atomic E-state index is 10.5. The van der Waals surface area contributed by atoms with Crippen LogP contribution in [0.15, 0.2) is 193 Å². The van der Waals surface area contributed by atoms with Crippen LogP contribution in [-0.4, -0.2) is 15.0 Å². The quantitative estimate of drug-likeness (QED) is 0.155. The van der Waals surface area contributed by atoms with Gasteiger partial charge in [-0.15, -0.1) is 0 Å². The number of nitrogens with zero attached hydrogens (tertiary/aromatic N) is 3. The van der Waals surface area contributed by atoms with Gasteiger partial charge in [0.2, 0.25) is 0 Å². The van der Waals surface area contributed by atoms with E-state index in [9.17, 15) is 12.3 Å².